The zero-order valence-corrected chi connectivity index (χ0v) is 20.4. The van der Waals surface area contributed by atoms with E-state index in [0.717, 1.165) is 16.7 Å². The Morgan fingerprint density at radius 3 is 2.26 bits per heavy atom. The van der Waals surface area contributed by atoms with Gasteiger partial charge in [-0.05, 0) is 30.2 Å². The minimum atomic E-state index is -1.02. The summed E-state index contributed by atoms with van der Waals surface area (Å²) in [5.41, 5.74) is 2.32. The lowest BCUT2D eigenvalue weighted by molar-refractivity contribution is -0.137. The maximum Gasteiger partial charge on any atom is 0.305 e. The minimum absolute atomic E-state index is 0.0620. The van der Waals surface area contributed by atoms with Gasteiger partial charge >= 0.3 is 5.97 Å². The molecule has 1 atom stereocenters. The Morgan fingerprint density at radius 1 is 0.971 bits per heavy atom. The number of ether oxygens (including phenoxy) is 1. The van der Waals surface area contributed by atoms with Gasteiger partial charge in [-0.3, -0.25) is 14.4 Å². The molecule has 1 heterocycles. The number of carboxylic acid groups (broad SMARTS) is 1. The second-order valence-electron chi connectivity index (χ2n) is 9.35. The number of benzene rings is 2. The number of nitrogens with zero attached hydrogens (tertiary/aromatic N) is 1. The fraction of sp³-hybridized carbons (Fsp3) is 0.286. The van der Waals surface area contributed by atoms with Crippen LogP contribution in [0.2, 0.25) is 0 Å². The monoisotopic (exact) mass is 474 g/mol. The zero-order valence-electron chi connectivity index (χ0n) is 20.4. The summed E-state index contributed by atoms with van der Waals surface area (Å²) < 4.78 is 5.81. The lowest BCUT2D eigenvalue weighted by Gasteiger charge is -2.20. The molecule has 3 rings (SSSR count). The molecule has 0 spiro atoms. The molecular formula is C28H30N2O5. The molecule has 2 N–H and O–H groups in total. The summed E-state index contributed by atoms with van der Waals surface area (Å²) >= 11 is 0. The minimum Gasteiger partial charge on any atom is -0.484 e. The molecule has 182 valence electrons. The van der Waals surface area contributed by atoms with Gasteiger partial charge in [0, 0.05) is 11.0 Å². The van der Waals surface area contributed by atoms with Gasteiger partial charge in [0.1, 0.15) is 23.7 Å². The number of carbonyl (C=O) groups excluding carboxylic acids is 2. The van der Waals surface area contributed by atoms with Crippen molar-refractivity contribution in [2.24, 2.45) is 5.41 Å². The van der Waals surface area contributed by atoms with Crippen molar-refractivity contribution in [1.29, 1.82) is 0 Å². The topological polar surface area (TPSA) is 106 Å². The van der Waals surface area contributed by atoms with Gasteiger partial charge in [-0.25, -0.2) is 4.98 Å². The van der Waals surface area contributed by atoms with E-state index in [1.807, 2.05) is 70.2 Å². The maximum atomic E-state index is 13.2. The zero-order chi connectivity index (χ0) is 25.6. The standard InChI is InChI=1S/C28H30N2O5/c1-18-10-8-9-13-20(18)22(16-25(32)33)30-27(34)21-14-15-23(35-17-24(31)28(2,3)4)26(29-21)19-11-6-5-7-12-19/h5-15,22H,16-17H2,1-4H3,(H,30,34)(H,32,33)/t22-/m0/s1. The molecule has 3 aromatic rings. The SMILES string of the molecule is Cc1ccccc1[C@H](CC(=O)O)NC(=O)c1ccc(OCC(=O)C(C)(C)C)c(-c2ccccc2)n1. The first-order valence-electron chi connectivity index (χ1n) is 11.4. The second-order valence-corrected chi connectivity index (χ2v) is 9.35. The third-order valence-electron chi connectivity index (χ3n) is 5.58. The smallest absolute Gasteiger partial charge is 0.305 e. The van der Waals surface area contributed by atoms with Gasteiger partial charge in [0.25, 0.3) is 5.91 Å². The molecule has 0 saturated carbocycles. The first-order chi connectivity index (χ1) is 16.6. The Kier molecular flexibility index (Phi) is 8.02. The van der Waals surface area contributed by atoms with E-state index in [2.05, 4.69) is 10.3 Å². The van der Waals surface area contributed by atoms with Crippen molar-refractivity contribution in [2.45, 2.75) is 40.2 Å². The van der Waals surface area contributed by atoms with Crippen LogP contribution in [0.3, 0.4) is 0 Å². The van der Waals surface area contributed by atoms with Crippen LogP contribution in [0.25, 0.3) is 11.3 Å². The molecule has 7 heteroatoms. The van der Waals surface area contributed by atoms with E-state index in [0.29, 0.717) is 11.4 Å². The van der Waals surface area contributed by atoms with Gasteiger partial charge in [-0.2, -0.15) is 0 Å². The Hall–Kier alpha value is -4.00. The molecule has 0 radical (unpaired) electrons. The predicted octanol–water partition coefficient (Wildman–Crippen LogP) is 5.00. The quantitative estimate of drug-likeness (QED) is 0.452. The van der Waals surface area contributed by atoms with Gasteiger partial charge in [0.2, 0.25) is 0 Å². The Balaban J connectivity index is 1.92. The molecule has 0 saturated heterocycles. The molecule has 0 aliphatic rings. The van der Waals surface area contributed by atoms with Crippen molar-refractivity contribution in [1.82, 2.24) is 10.3 Å². The second kappa shape index (κ2) is 11.0. The third-order valence-corrected chi connectivity index (χ3v) is 5.58. The molecule has 7 nitrogen and oxygen atoms in total. The number of pyridine rings is 1. The molecule has 0 unspecified atom stereocenters. The van der Waals surface area contributed by atoms with Gasteiger partial charge < -0.3 is 15.2 Å². The molecule has 35 heavy (non-hydrogen) atoms. The summed E-state index contributed by atoms with van der Waals surface area (Å²) in [6.07, 6.45) is -0.266. The van der Waals surface area contributed by atoms with E-state index in [1.165, 1.54) is 6.07 Å². The van der Waals surface area contributed by atoms with Crippen LogP contribution in [-0.2, 0) is 9.59 Å². The lowest BCUT2D eigenvalue weighted by atomic mass is 9.91. The number of aromatic nitrogens is 1. The van der Waals surface area contributed by atoms with E-state index in [-0.39, 0.29) is 24.5 Å². The fourth-order valence-electron chi connectivity index (χ4n) is 3.48. The number of aryl methyl sites for hydroxylation is 1. The first-order valence-corrected chi connectivity index (χ1v) is 11.4. The molecule has 0 bridgehead atoms. The summed E-state index contributed by atoms with van der Waals surface area (Å²) in [7, 11) is 0. The third kappa shape index (κ3) is 6.76. The van der Waals surface area contributed by atoms with Crippen LogP contribution >= 0.6 is 0 Å². The van der Waals surface area contributed by atoms with Crippen LogP contribution in [0, 0.1) is 12.3 Å². The first kappa shape index (κ1) is 25.6. The summed E-state index contributed by atoms with van der Waals surface area (Å²) in [5.74, 6) is -1.21. The number of hydrogen-bond donors (Lipinski definition) is 2. The Labute approximate surface area is 205 Å². The van der Waals surface area contributed by atoms with Crippen LogP contribution in [-0.4, -0.2) is 34.4 Å². The molecule has 0 fully saturated rings. The molecule has 1 aromatic heterocycles. The largest absolute Gasteiger partial charge is 0.484 e. The number of hydrogen-bond acceptors (Lipinski definition) is 5. The number of carboxylic acids is 1. The van der Waals surface area contributed by atoms with Gasteiger partial charge in [-0.1, -0.05) is 75.4 Å². The van der Waals surface area contributed by atoms with Crippen molar-refractivity contribution in [2.75, 3.05) is 6.61 Å². The average molecular weight is 475 g/mol. The van der Waals surface area contributed by atoms with E-state index < -0.39 is 23.3 Å². The number of nitrogens with one attached hydrogen (secondary N) is 1. The van der Waals surface area contributed by atoms with Crippen molar-refractivity contribution in [3.05, 3.63) is 83.6 Å². The number of amides is 1. The van der Waals surface area contributed by atoms with Gasteiger partial charge in [-0.15, -0.1) is 0 Å². The van der Waals surface area contributed by atoms with Gasteiger partial charge in [0.15, 0.2) is 5.78 Å². The van der Waals surface area contributed by atoms with Crippen molar-refractivity contribution in [3.63, 3.8) is 0 Å². The number of carbonyl (C=O) groups is 3. The van der Waals surface area contributed by atoms with E-state index >= 15 is 0 Å². The highest BCUT2D eigenvalue weighted by molar-refractivity contribution is 5.94. The Bertz CT molecular complexity index is 1220. The predicted molar refractivity (Wildman–Crippen MR) is 133 cm³/mol. The average Bonchev–Trinajstić information content (AvgIpc) is 2.82. The Morgan fingerprint density at radius 2 is 1.63 bits per heavy atom. The molecule has 1 amide bonds. The summed E-state index contributed by atoms with van der Waals surface area (Å²) in [6, 6.07) is 19.0. The van der Waals surface area contributed by atoms with Crippen LogP contribution in [0.15, 0.2) is 66.7 Å². The highest BCUT2D eigenvalue weighted by Crippen LogP contribution is 2.29. The van der Waals surface area contributed by atoms with Gasteiger partial charge in [0.05, 0.1) is 12.5 Å². The van der Waals surface area contributed by atoms with E-state index in [9.17, 15) is 19.5 Å². The molecule has 2 aromatic carbocycles. The summed E-state index contributed by atoms with van der Waals surface area (Å²) in [5, 5.41) is 12.2. The van der Waals surface area contributed by atoms with Crippen molar-refractivity contribution < 1.29 is 24.2 Å². The number of aliphatic carboxylic acids is 1. The van der Waals surface area contributed by atoms with Crippen LogP contribution in [0.5, 0.6) is 5.75 Å². The van der Waals surface area contributed by atoms with Crippen molar-refractivity contribution >= 4 is 17.7 Å². The van der Waals surface area contributed by atoms with Crippen molar-refractivity contribution in [3.8, 4) is 17.0 Å². The number of Topliss-reactive ketones (excluding diaryl/α,β-unsaturated/α-hetero) is 1. The normalized spacial score (nSPS) is 12.0. The molecule has 0 aliphatic carbocycles. The summed E-state index contributed by atoms with van der Waals surface area (Å²) in [6.45, 7) is 7.22. The van der Waals surface area contributed by atoms with Crippen LogP contribution in [0.1, 0.15) is 54.8 Å². The fourth-order valence-corrected chi connectivity index (χ4v) is 3.48. The highest BCUT2D eigenvalue weighted by Gasteiger charge is 2.24. The maximum absolute atomic E-state index is 13.2. The summed E-state index contributed by atoms with van der Waals surface area (Å²) in [4.78, 5) is 41.5. The number of ketones is 1. The van der Waals surface area contributed by atoms with E-state index in [4.69, 9.17) is 4.74 Å². The molecular weight excluding hydrogens is 444 g/mol. The molecule has 0 aliphatic heterocycles. The lowest BCUT2D eigenvalue weighted by Crippen LogP contribution is -2.31. The highest BCUT2D eigenvalue weighted by atomic mass is 16.5. The van der Waals surface area contributed by atoms with Crippen LogP contribution in [0.4, 0.5) is 0 Å². The van der Waals surface area contributed by atoms with Crippen LogP contribution < -0.4 is 10.1 Å². The number of rotatable bonds is 9. The van der Waals surface area contributed by atoms with E-state index in [1.54, 1.807) is 18.2 Å².